The highest BCUT2D eigenvalue weighted by molar-refractivity contribution is 5.91. The maximum atomic E-state index is 12.8. The Hall–Kier alpha value is -1.89. The molecular weight excluding hydrogens is 292 g/mol. The van der Waals surface area contributed by atoms with Gasteiger partial charge in [0, 0.05) is 11.1 Å². The Labute approximate surface area is 129 Å². The second-order valence-electron chi connectivity index (χ2n) is 5.88. The van der Waals surface area contributed by atoms with Crippen molar-refractivity contribution in [2.45, 2.75) is 39.2 Å². The van der Waals surface area contributed by atoms with Gasteiger partial charge in [-0.25, -0.2) is 13.6 Å². The van der Waals surface area contributed by atoms with E-state index in [-0.39, 0.29) is 11.3 Å². The van der Waals surface area contributed by atoms with Gasteiger partial charge in [-0.3, -0.25) is 0 Å². The minimum Gasteiger partial charge on any atom is -0.491 e. The van der Waals surface area contributed by atoms with Crippen molar-refractivity contribution in [2.75, 3.05) is 18.5 Å². The van der Waals surface area contributed by atoms with Gasteiger partial charge in [0.05, 0.1) is 12.3 Å². The maximum Gasteiger partial charge on any atom is 0.319 e. The van der Waals surface area contributed by atoms with Gasteiger partial charge in [-0.1, -0.05) is 0 Å². The van der Waals surface area contributed by atoms with Crippen molar-refractivity contribution < 1.29 is 18.3 Å². The molecule has 2 amide bonds. The first kappa shape index (κ1) is 18.2. The zero-order chi connectivity index (χ0) is 16.8. The molecule has 0 unspecified atom stereocenters. The Bertz CT molecular complexity index is 502. The van der Waals surface area contributed by atoms with Crippen LogP contribution in [-0.4, -0.2) is 24.7 Å². The zero-order valence-corrected chi connectivity index (χ0v) is 13.1. The zero-order valence-electron chi connectivity index (χ0n) is 13.1. The molecule has 1 aromatic rings. The minimum absolute atomic E-state index is 0.183. The van der Waals surface area contributed by atoms with Crippen molar-refractivity contribution in [1.29, 1.82) is 0 Å². The highest BCUT2D eigenvalue weighted by Crippen LogP contribution is 2.30. The molecule has 5 nitrogen and oxygen atoms in total. The first-order chi connectivity index (χ1) is 10.2. The van der Waals surface area contributed by atoms with Crippen LogP contribution in [0.5, 0.6) is 5.75 Å². The van der Waals surface area contributed by atoms with E-state index in [4.69, 9.17) is 10.5 Å². The summed E-state index contributed by atoms with van der Waals surface area (Å²) in [4.78, 5) is 11.9. The standard InChI is InChI=1S/C15H23F2N3O2/c1-15(2,3)20-14(21)19-11-9-10(13(16)17)5-6-12(11)22-8-4-7-18/h5-6,9,13H,4,7-8,18H2,1-3H3,(H2,19,20,21). The summed E-state index contributed by atoms with van der Waals surface area (Å²) in [6.45, 7) is 6.27. The summed E-state index contributed by atoms with van der Waals surface area (Å²) < 4.78 is 31.1. The summed E-state index contributed by atoms with van der Waals surface area (Å²) in [6.07, 6.45) is -1.99. The van der Waals surface area contributed by atoms with E-state index >= 15 is 0 Å². The molecule has 0 spiro atoms. The molecule has 0 saturated heterocycles. The Morgan fingerprint density at radius 1 is 1.36 bits per heavy atom. The third kappa shape index (κ3) is 6.26. The van der Waals surface area contributed by atoms with E-state index in [1.807, 2.05) is 20.8 Å². The quantitative estimate of drug-likeness (QED) is 0.705. The summed E-state index contributed by atoms with van der Waals surface area (Å²) in [5, 5.41) is 5.25. The van der Waals surface area contributed by atoms with E-state index in [0.717, 1.165) is 0 Å². The lowest BCUT2D eigenvalue weighted by molar-refractivity contribution is 0.151. The molecule has 0 bridgehead atoms. The van der Waals surface area contributed by atoms with E-state index in [0.29, 0.717) is 25.3 Å². The number of nitrogens with one attached hydrogen (secondary N) is 2. The van der Waals surface area contributed by atoms with Crippen LogP contribution in [0.2, 0.25) is 0 Å². The predicted octanol–water partition coefficient (Wildman–Crippen LogP) is 3.27. The van der Waals surface area contributed by atoms with Gasteiger partial charge in [-0.05, 0) is 51.9 Å². The molecule has 4 N–H and O–H groups in total. The molecule has 0 fully saturated rings. The van der Waals surface area contributed by atoms with Crippen molar-refractivity contribution in [3.05, 3.63) is 23.8 Å². The fourth-order valence-electron chi connectivity index (χ4n) is 1.67. The van der Waals surface area contributed by atoms with Crippen LogP contribution in [0.1, 0.15) is 39.2 Å². The van der Waals surface area contributed by atoms with Gasteiger partial charge in [0.25, 0.3) is 6.43 Å². The Kier molecular flexibility index (Phi) is 6.55. The molecule has 0 aliphatic rings. The van der Waals surface area contributed by atoms with Crippen LogP contribution in [0.4, 0.5) is 19.3 Å². The number of hydrogen-bond acceptors (Lipinski definition) is 3. The lowest BCUT2D eigenvalue weighted by atomic mass is 10.1. The Balaban J connectivity index is 2.91. The van der Waals surface area contributed by atoms with Gasteiger partial charge in [0.1, 0.15) is 5.75 Å². The van der Waals surface area contributed by atoms with Gasteiger partial charge in [0.2, 0.25) is 0 Å². The van der Waals surface area contributed by atoms with Crippen molar-refractivity contribution in [3.63, 3.8) is 0 Å². The number of benzene rings is 1. The number of alkyl halides is 2. The van der Waals surface area contributed by atoms with E-state index in [1.165, 1.54) is 18.2 Å². The van der Waals surface area contributed by atoms with Crippen LogP contribution in [0.25, 0.3) is 0 Å². The maximum absolute atomic E-state index is 12.8. The molecule has 7 heteroatoms. The number of hydrogen-bond donors (Lipinski definition) is 3. The number of carbonyl (C=O) groups excluding carboxylic acids is 1. The average molecular weight is 315 g/mol. The van der Waals surface area contributed by atoms with Crippen LogP contribution in [0.3, 0.4) is 0 Å². The van der Waals surface area contributed by atoms with Crippen molar-refractivity contribution in [2.24, 2.45) is 5.73 Å². The van der Waals surface area contributed by atoms with Crippen LogP contribution in [0.15, 0.2) is 18.2 Å². The fraction of sp³-hybridized carbons (Fsp3) is 0.533. The topological polar surface area (TPSA) is 76.4 Å². The van der Waals surface area contributed by atoms with Gasteiger partial charge >= 0.3 is 6.03 Å². The van der Waals surface area contributed by atoms with Crippen molar-refractivity contribution in [1.82, 2.24) is 5.32 Å². The summed E-state index contributed by atoms with van der Waals surface area (Å²) in [6, 6.07) is 3.42. The van der Waals surface area contributed by atoms with Crippen molar-refractivity contribution >= 4 is 11.7 Å². The fourth-order valence-corrected chi connectivity index (χ4v) is 1.67. The smallest absolute Gasteiger partial charge is 0.319 e. The average Bonchev–Trinajstić information content (AvgIpc) is 2.38. The number of halogens is 2. The van der Waals surface area contributed by atoms with Crippen LogP contribution >= 0.6 is 0 Å². The Morgan fingerprint density at radius 2 is 2.05 bits per heavy atom. The number of anilines is 1. The second kappa shape index (κ2) is 7.93. The van der Waals surface area contributed by atoms with E-state index in [9.17, 15) is 13.6 Å². The summed E-state index contributed by atoms with van der Waals surface area (Å²) >= 11 is 0. The molecular formula is C15H23F2N3O2. The number of ether oxygens (including phenoxy) is 1. The monoisotopic (exact) mass is 315 g/mol. The molecule has 1 aromatic carbocycles. The number of urea groups is 1. The first-order valence-corrected chi connectivity index (χ1v) is 7.07. The van der Waals surface area contributed by atoms with Crippen LogP contribution in [0, 0.1) is 0 Å². The lowest BCUT2D eigenvalue weighted by Gasteiger charge is -2.21. The molecule has 0 atom stereocenters. The molecule has 0 aromatic heterocycles. The third-order valence-electron chi connectivity index (χ3n) is 2.60. The second-order valence-corrected chi connectivity index (χ2v) is 5.88. The third-order valence-corrected chi connectivity index (χ3v) is 2.60. The van der Waals surface area contributed by atoms with Crippen LogP contribution < -0.4 is 21.1 Å². The highest BCUT2D eigenvalue weighted by atomic mass is 19.3. The number of rotatable bonds is 6. The first-order valence-electron chi connectivity index (χ1n) is 7.07. The molecule has 22 heavy (non-hydrogen) atoms. The molecule has 0 radical (unpaired) electrons. The van der Waals surface area contributed by atoms with E-state index in [1.54, 1.807) is 0 Å². The molecule has 124 valence electrons. The predicted molar refractivity (Wildman–Crippen MR) is 82.5 cm³/mol. The van der Waals surface area contributed by atoms with Crippen molar-refractivity contribution in [3.8, 4) is 5.75 Å². The normalized spacial score (nSPS) is 11.4. The van der Waals surface area contributed by atoms with E-state index < -0.39 is 18.0 Å². The molecule has 0 aliphatic carbocycles. The van der Waals surface area contributed by atoms with Gasteiger partial charge in [-0.2, -0.15) is 0 Å². The SMILES string of the molecule is CC(C)(C)NC(=O)Nc1cc(C(F)F)ccc1OCCCN. The molecule has 0 saturated carbocycles. The van der Waals surface area contributed by atoms with Gasteiger partial charge in [0.15, 0.2) is 0 Å². The summed E-state index contributed by atoms with van der Waals surface area (Å²) in [5.74, 6) is 0.335. The number of carbonyl (C=O) groups is 1. The molecule has 0 heterocycles. The van der Waals surface area contributed by atoms with Crippen LogP contribution in [-0.2, 0) is 0 Å². The molecule has 0 aliphatic heterocycles. The summed E-state index contributed by atoms with van der Waals surface area (Å²) in [7, 11) is 0. The lowest BCUT2D eigenvalue weighted by Crippen LogP contribution is -2.43. The summed E-state index contributed by atoms with van der Waals surface area (Å²) in [5.41, 5.74) is 4.97. The number of amides is 2. The Morgan fingerprint density at radius 3 is 2.59 bits per heavy atom. The minimum atomic E-state index is -2.62. The molecule has 1 rings (SSSR count). The highest BCUT2D eigenvalue weighted by Gasteiger charge is 2.17. The largest absolute Gasteiger partial charge is 0.491 e. The van der Waals surface area contributed by atoms with Gasteiger partial charge in [-0.15, -0.1) is 0 Å². The number of nitrogens with two attached hydrogens (primary N) is 1. The van der Waals surface area contributed by atoms with Gasteiger partial charge < -0.3 is 21.1 Å². The van der Waals surface area contributed by atoms with E-state index in [2.05, 4.69) is 10.6 Å².